The second-order valence-corrected chi connectivity index (χ2v) is 6.97. The third kappa shape index (κ3) is 5.51. The first-order valence-corrected chi connectivity index (χ1v) is 9.30. The van der Waals surface area contributed by atoms with Gasteiger partial charge < -0.3 is 19.2 Å². The maximum atomic E-state index is 5.85. The summed E-state index contributed by atoms with van der Waals surface area (Å²) >= 11 is 0. The van der Waals surface area contributed by atoms with Crippen LogP contribution in [0.3, 0.4) is 0 Å². The van der Waals surface area contributed by atoms with E-state index in [4.69, 9.17) is 4.74 Å². The molecule has 1 aliphatic heterocycles. The molecule has 2 aromatic heterocycles. The van der Waals surface area contributed by atoms with Crippen LogP contribution >= 0.6 is 24.8 Å². The van der Waals surface area contributed by atoms with E-state index in [1.807, 2.05) is 42.3 Å². The zero-order valence-corrected chi connectivity index (χ0v) is 18.3. The highest BCUT2D eigenvalue weighted by molar-refractivity contribution is 5.85. The molecule has 1 aromatic carbocycles. The number of piperazine rings is 1. The molecule has 3 aromatic rings. The molecule has 1 fully saturated rings. The van der Waals surface area contributed by atoms with Crippen LogP contribution in [0.2, 0.25) is 0 Å². The molecule has 0 bridgehead atoms. The monoisotopic (exact) mass is 438 g/mol. The smallest absolute Gasteiger partial charge is 0.146 e. The second kappa shape index (κ2) is 10.6. The molecular weight excluding hydrogens is 411 g/mol. The molecular formula is C20H28Cl2N6O. The van der Waals surface area contributed by atoms with Gasteiger partial charge in [-0.2, -0.15) is 0 Å². The number of halogens is 2. The molecule has 1 aliphatic rings. The van der Waals surface area contributed by atoms with Crippen molar-refractivity contribution < 1.29 is 4.74 Å². The molecule has 9 heteroatoms. The van der Waals surface area contributed by atoms with Gasteiger partial charge in [0.2, 0.25) is 0 Å². The number of rotatable bonds is 6. The number of hydrogen-bond donors (Lipinski definition) is 1. The zero-order valence-electron chi connectivity index (χ0n) is 16.7. The molecule has 0 spiro atoms. The van der Waals surface area contributed by atoms with Gasteiger partial charge in [-0.3, -0.25) is 4.90 Å². The Kier molecular flexibility index (Phi) is 8.52. The van der Waals surface area contributed by atoms with Crippen molar-refractivity contribution in [2.45, 2.75) is 19.2 Å². The van der Waals surface area contributed by atoms with Crippen LogP contribution in [-0.2, 0) is 27.2 Å². The van der Waals surface area contributed by atoms with Gasteiger partial charge in [0.25, 0.3) is 0 Å². The van der Waals surface area contributed by atoms with Crippen LogP contribution in [0.25, 0.3) is 0 Å². The summed E-state index contributed by atoms with van der Waals surface area (Å²) in [6.07, 6.45) is 7.59. The minimum absolute atomic E-state index is 0. The molecule has 1 atom stereocenters. The third-order valence-corrected chi connectivity index (χ3v) is 5.11. The van der Waals surface area contributed by atoms with Crippen LogP contribution in [0.1, 0.15) is 23.3 Å². The Morgan fingerprint density at radius 2 is 1.76 bits per heavy atom. The Morgan fingerprint density at radius 3 is 2.41 bits per heavy atom. The number of aromatic nitrogens is 4. The quantitative estimate of drug-likeness (QED) is 0.640. The molecule has 0 amide bonds. The van der Waals surface area contributed by atoms with Gasteiger partial charge in [-0.05, 0) is 17.7 Å². The van der Waals surface area contributed by atoms with Crippen LogP contribution in [-0.4, -0.2) is 43.6 Å². The van der Waals surface area contributed by atoms with E-state index in [0.717, 1.165) is 43.6 Å². The van der Waals surface area contributed by atoms with Crippen LogP contribution < -0.4 is 10.1 Å². The Bertz CT molecular complexity index is 879. The number of nitrogens with one attached hydrogen (secondary N) is 1. The SMILES string of the molecule is Cl.Cl.Cn1ccnc1COc1ccc(CN2CCNCC2c2nccn2C)cc1. The Balaban J connectivity index is 0.00000150. The molecule has 3 heterocycles. The largest absolute Gasteiger partial charge is 0.486 e. The number of ether oxygens (including phenoxy) is 1. The molecule has 0 radical (unpaired) electrons. The lowest BCUT2D eigenvalue weighted by Gasteiger charge is -2.35. The number of hydrogen-bond acceptors (Lipinski definition) is 5. The first-order chi connectivity index (χ1) is 13.2. The van der Waals surface area contributed by atoms with Gasteiger partial charge >= 0.3 is 0 Å². The lowest BCUT2D eigenvalue weighted by Crippen LogP contribution is -2.46. The van der Waals surface area contributed by atoms with Crippen molar-refractivity contribution in [1.82, 2.24) is 29.3 Å². The molecule has 1 unspecified atom stereocenters. The fourth-order valence-corrected chi connectivity index (χ4v) is 3.50. The van der Waals surface area contributed by atoms with Crippen molar-refractivity contribution in [3.63, 3.8) is 0 Å². The Labute approximate surface area is 183 Å². The van der Waals surface area contributed by atoms with Crippen molar-refractivity contribution in [3.8, 4) is 5.75 Å². The first-order valence-electron chi connectivity index (χ1n) is 9.30. The van der Waals surface area contributed by atoms with E-state index in [0.29, 0.717) is 6.61 Å². The van der Waals surface area contributed by atoms with Gasteiger partial charge in [0.1, 0.15) is 24.0 Å². The number of aryl methyl sites for hydroxylation is 2. The lowest BCUT2D eigenvalue weighted by molar-refractivity contribution is 0.144. The van der Waals surface area contributed by atoms with E-state index in [1.54, 1.807) is 6.20 Å². The van der Waals surface area contributed by atoms with Crippen molar-refractivity contribution in [1.29, 1.82) is 0 Å². The van der Waals surface area contributed by atoms with Gasteiger partial charge in [-0.1, -0.05) is 12.1 Å². The number of nitrogens with zero attached hydrogens (tertiary/aromatic N) is 5. The summed E-state index contributed by atoms with van der Waals surface area (Å²) < 4.78 is 9.93. The lowest BCUT2D eigenvalue weighted by atomic mass is 10.1. The van der Waals surface area contributed by atoms with Crippen LogP contribution in [0, 0.1) is 0 Å². The first kappa shape index (κ1) is 23.2. The average molecular weight is 439 g/mol. The molecule has 1 saturated heterocycles. The molecule has 0 aliphatic carbocycles. The summed E-state index contributed by atoms with van der Waals surface area (Å²) in [6, 6.07) is 8.65. The maximum absolute atomic E-state index is 5.85. The number of benzene rings is 1. The van der Waals surface area contributed by atoms with Crippen molar-refractivity contribution in [2.75, 3.05) is 19.6 Å². The van der Waals surface area contributed by atoms with Crippen molar-refractivity contribution in [3.05, 3.63) is 66.3 Å². The van der Waals surface area contributed by atoms with Gasteiger partial charge in [-0.25, -0.2) is 9.97 Å². The van der Waals surface area contributed by atoms with Gasteiger partial charge in [-0.15, -0.1) is 24.8 Å². The van der Waals surface area contributed by atoms with Gasteiger partial charge in [0, 0.05) is 65.1 Å². The summed E-state index contributed by atoms with van der Waals surface area (Å²) in [7, 11) is 4.03. The van der Waals surface area contributed by atoms with Gasteiger partial charge in [0.15, 0.2) is 0 Å². The van der Waals surface area contributed by atoms with E-state index in [1.165, 1.54) is 5.56 Å². The summed E-state index contributed by atoms with van der Waals surface area (Å²) in [6.45, 7) is 4.32. The maximum Gasteiger partial charge on any atom is 0.146 e. The summed E-state index contributed by atoms with van der Waals surface area (Å²) in [5.74, 6) is 2.89. The summed E-state index contributed by atoms with van der Waals surface area (Å²) in [5.41, 5.74) is 1.28. The second-order valence-electron chi connectivity index (χ2n) is 6.97. The molecule has 7 nitrogen and oxygen atoms in total. The van der Waals surface area contributed by atoms with Crippen LogP contribution in [0.5, 0.6) is 5.75 Å². The fourth-order valence-electron chi connectivity index (χ4n) is 3.50. The van der Waals surface area contributed by atoms with E-state index in [2.05, 4.69) is 43.9 Å². The minimum Gasteiger partial charge on any atom is -0.486 e. The molecule has 0 saturated carbocycles. The standard InChI is InChI=1S/C20H26N6O.2ClH/c1-24-10-8-22-19(24)15-27-17-5-3-16(4-6-17)14-26-12-7-21-13-18(26)20-23-9-11-25(20)2;;/h3-6,8-11,18,21H,7,12-15H2,1-2H3;2*1H. The zero-order chi connectivity index (χ0) is 18.6. The van der Waals surface area contributed by atoms with Crippen molar-refractivity contribution in [2.24, 2.45) is 14.1 Å². The molecule has 29 heavy (non-hydrogen) atoms. The van der Waals surface area contributed by atoms with E-state index >= 15 is 0 Å². The molecule has 158 valence electrons. The highest BCUT2D eigenvalue weighted by Gasteiger charge is 2.26. The highest BCUT2D eigenvalue weighted by Crippen LogP contribution is 2.23. The van der Waals surface area contributed by atoms with Gasteiger partial charge in [0.05, 0.1) is 6.04 Å². The topological polar surface area (TPSA) is 60.1 Å². The predicted octanol–water partition coefficient (Wildman–Crippen LogP) is 2.72. The average Bonchev–Trinajstić information content (AvgIpc) is 3.30. The molecule has 1 N–H and O–H groups in total. The Hall–Kier alpha value is -2.06. The number of imidazole rings is 2. The summed E-state index contributed by atoms with van der Waals surface area (Å²) in [4.78, 5) is 11.3. The predicted molar refractivity (Wildman–Crippen MR) is 118 cm³/mol. The van der Waals surface area contributed by atoms with Crippen LogP contribution in [0.15, 0.2) is 49.1 Å². The van der Waals surface area contributed by atoms with E-state index < -0.39 is 0 Å². The normalized spacial score (nSPS) is 16.7. The molecule has 4 rings (SSSR count). The van der Waals surface area contributed by atoms with E-state index in [-0.39, 0.29) is 30.9 Å². The van der Waals surface area contributed by atoms with Crippen molar-refractivity contribution >= 4 is 24.8 Å². The summed E-state index contributed by atoms with van der Waals surface area (Å²) in [5, 5.41) is 3.49. The fraction of sp³-hybridized carbons (Fsp3) is 0.400. The minimum atomic E-state index is 0. The Morgan fingerprint density at radius 1 is 1.03 bits per heavy atom. The van der Waals surface area contributed by atoms with Crippen LogP contribution in [0.4, 0.5) is 0 Å². The highest BCUT2D eigenvalue weighted by atomic mass is 35.5. The van der Waals surface area contributed by atoms with E-state index in [9.17, 15) is 0 Å². The third-order valence-electron chi connectivity index (χ3n) is 5.11.